The zero-order valence-corrected chi connectivity index (χ0v) is 15.1. The zero-order chi connectivity index (χ0) is 18.1. The van der Waals surface area contributed by atoms with Crippen LogP contribution in [0.1, 0.15) is 38.3 Å². The van der Waals surface area contributed by atoms with Crippen molar-refractivity contribution in [2.75, 3.05) is 6.54 Å². The van der Waals surface area contributed by atoms with Crippen LogP contribution in [0.2, 0.25) is 0 Å². The van der Waals surface area contributed by atoms with Crippen molar-refractivity contribution < 1.29 is 9.18 Å². The molecule has 0 bridgehead atoms. The predicted octanol–water partition coefficient (Wildman–Crippen LogP) is 4.51. The molecule has 0 aliphatic carbocycles. The average Bonchev–Trinajstić information content (AvgIpc) is 2.91. The van der Waals surface area contributed by atoms with Crippen LogP contribution in [-0.4, -0.2) is 17.4 Å². The SMILES string of the molecule is Cc1cccc(C(=O)NCCc2c(C)[nH]c3c(F)ccc(C)c23)c1C. The maximum absolute atomic E-state index is 14.0. The van der Waals surface area contributed by atoms with E-state index in [4.69, 9.17) is 0 Å². The highest BCUT2D eigenvalue weighted by Crippen LogP contribution is 2.27. The highest BCUT2D eigenvalue weighted by molar-refractivity contribution is 5.96. The molecule has 1 aromatic heterocycles. The monoisotopic (exact) mass is 338 g/mol. The molecule has 0 fully saturated rings. The molecule has 4 heteroatoms. The second kappa shape index (κ2) is 6.71. The Labute approximate surface area is 147 Å². The molecule has 0 saturated carbocycles. The van der Waals surface area contributed by atoms with Crippen LogP contribution in [0.25, 0.3) is 10.9 Å². The summed E-state index contributed by atoms with van der Waals surface area (Å²) in [6.07, 6.45) is 0.659. The van der Waals surface area contributed by atoms with Crippen LogP contribution in [0, 0.1) is 33.5 Å². The Morgan fingerprint density at radius 3 is 2.60 bits per heavy atom. The number of nitrogens with one attached hydrogen (secondary N) is 2. The molecule has 0 spiro atoms. The number of carbonyl (C=O) groups is 1. The van der Waals surface area contributed by atoms with Gasteiger partial charge in [-0.2, -0.15) is 0 Å². The van der Waals surface area contributed by atoms with Crippen molar-refractivity contribution >= 4 is 16.8 Å². The van der Waals surface area contributed by atoms with E-state index < -0.39 is 0 Å². The van der Waals surface area contributed by atoms with Crippen molar-refractivity contribution in [1.82, 2.24) is 10.3 Å². The molecule has 2 aromatic carbocycles. The molecule has 3 nitrogen and oxygen atoms in total. The lowest BCUT2D eigenvalue weighted by Crippen LogP contribution is -2.26. The molecule has 0 aliphatic rings. The molecule has 25 heavy (non-hydrogen) atoms. The third kappa shape index (κ3) is 3.16. The Kier molecular flexibility index (Phi) is 4.62. The van der Waals surface area contributed by atoms with Gasteiger partial charge in [0.15, 0.2) is 0 Å². The molecule has 0 radical (unpaired) electrons. The van der Waals surface area contributed by atoms with E-state index in [0.29, 0.717) is 24.0 Å². The first kappa shape index (κ1) is 17.2. The number of aryl methyl sites for hydroxylation is 3. The van der Waals surface area contributed by atoms with E-state index in [-0.39, 0.29) is 11.7 Å². The second-order valence-electron chi connectivity index (χ2n) is 6.60. The summed E-state index contributed by atoms with van der Waals surface area (Å²) in [7, 11) is 0. The van der Waals surface area contributed by atoms with Gasteiger partial charge in [0.25, 0.3) is 5.91 Å². The number of aromatic amines is 1. The quantitative estimate of drug-likeness (QED) is 0.722. The van der Waals surface area contributed by atoms with Gasteiger partial charge in [0.2, 0.25) is 0 Å². The standard InChI is InChI=1S/C21H23FN2O/c1-12-6-5-7-16(14(12)3)21(25)23-11-10-17-15(4)24-20-18(22)9-8-13(2)19(17)20/h5-9,24H,10-11H2,1-4H3,(H,23,25). The molecule has 0 saturated heterocycles. The lowest BCUT2D eigenvalue weighted by Gasteiger charge is -2.10. The van der Waals surface area contributed by atoms with Crippen molar-refractivity contribution in [3.8, 4) is 0 Å². The highest BCUT2D eigenvalue weighted by Gasteiger charge is 2.15. The number of H-pyrrole nitrogens is 1. The van der Waals surface area contributed by atoms with Crippen LogP contribution < -0.4 is 5.32 Å². The van der Waals surface area contributed by atoms with Crippen molar-refractivity contribution in [3.63, 3.8) is 0 Å². The van der Waals surface area contributed by atoms with Gasteiger partial charge in [-0.3, -0.25) is 4.79 Å². The van der Waals surface area contributed by atoms with E-state index in [1.54, 1.807) is 6.07 Å². The van der Waals surface area contributed by atoms with Gasteiger partial charge < -0.3 is 10.3 Å². The van der Waals surface area contributed by atoms with E-state index in [9.17, 15) is 9.18 Å². The minimum Gasteiger partial charge on any atom is -0.356 e. The molecule has 3 rings (SSSR count). The Balaban J connectivity index is 1.78. The Morgan fingerprint density at radius 2 is 1.84 bits per heavy atom. The first-order valence-corrected chi connectivity index (χ1v) is 8.50. The molecule has 130 valence electrons. The maximum atomic E-state index is 14.0. The van der Waals surface area contributed by atoms with Crippen LogP contribution in [0.4, 0.5) is 4.39 Å². The van der Waals surface area contributed by atoms with Crippen LogP contribution in [0.3, 0.4) is 0 Å². The molecular weight excluding hydrogens is 315 g/mol. The fourth-order valence-electron chi connectivity index (χ4n) is 3.35. The van der Waals surface area contributed by atoms with E-state index in [2.05, 4.69) is 10.3 Å². The third-order valence-electron chi connectivity index (χ3n) is 4.94. The first-order valence-electron chi connectivity index (χ1n) is 8.50. The predicted molar refractivity (Wildman–Crippen MR) is 99.7 cm³/mol. The van der Waals surface area contributed by atoms with Gasteiger partial charge in [-0.15, -0.1) is 0 Å². The number of halogens is 1. The average molecular weight is 338 g/mol. The first-order chi connectivity index (χ1) is 11.9. The summed E-state index contributed by atoms with van der Waals surface area (Å²) in [5.41, 5.74) is 6.41. The number of rotatable bonds is 4. The third-order valence-corrected chi connectivity index (χ3v) is 4.94. The summed E-state index contributed by atoms with van der Waals surface area (Å²) in [6, 6.07) is 9.02. The number of amides is 1. The molecule has 1 heterocycles. The molecule has 3 aromatic rings. The van der Waals surface area contributed by atoms with Gasteiger partial charge >= 0.3 is 0 Å². The van der Waals surface area contributed by atoms with Crippen LogP contribution in [0.15, 0.2) is 30.3 Å². The second-order valence-corrected chi connectivity index (χ2v) is 6.60. The van der Waals surface area contributed by atoms with E-state index in [1.165, 1.54) is 6.07 Å². The van der Waals surface area contributed by atoms with Gasteiger partial charge in [-0.05, 0) is 68.5 Å². The summed E-state index contributed by atoms with van der Waals surface area (Å²) in [5.74, 6) is -0.309. The van der Waals surface area contributed by atoms with Crippen molar-refractivity contribution in [1.29, 1.82) is 0 Å². The summed E-state index contributed by atoms with van der Waals surface area (Å²) < 4.78 is 14.0. The minimum atomic E-state index is -0.241. The van der Waals surface area contributed by atoms with Crippen molar-refractivity contribution in [2.24, 2.45) is 0 Å². The van der Waals surface area contributed by atoms with Crippen molar-refractivity contribution in [3.05, 3.63) is 69.7 Å². The topological polar surface area (TPSA) is 44.9 Å². The molecule has 0 aliphatic heterocycles. The Morgan fingerprint density at radius 1 is 1.08 bits per heavy atom. The van der Waals surface area contributed by atoms with Crippen LogP contribution >= 0.6 is 0 Å². The molecule has 2 N–H and O–H groups in total. The van der Waals surface area contributed by atoms with E-state index in [0.717, 1.165) is 33.3 Å². The normalized spacial score (nSPS) is 11.1. The number of carbonyl (C=O) groups excluding carboxylic acids is 1. The van der Waals surface area contributed by atoms with E-state index in [1.807, 2.05) is 45.9 Å². The highest BCUT2D eigenvalue weighted by atomic mass is 19.1. The fraction of sp³-hybridized carbons (Fsp3) is 0.286. The number of aromatic nitrogens is 1. The largest absolute Gasteiger partial charge is 0.356 e. The lowest BCUT2D eigenvalue weighted by molar-refractivity contribution is 0.0953. The summed E-state index contributed by atoms with van der Waals surface area (Å²) in [6.45, 7) is 8.39. The van der Waals surface area contributed by atoms with Gasteiger partial charge in [0.1, 0.15) is 5.82 Å². The Bertz CT molecular complexity index is 956. The number of benzene rings is 2. The smallest absolute Gasteiger partial charge is 0.251 e. The molecule has 1 amide bonds. The minimum absolute atomic E-state index is 0.0680. The summed E-state index contributed by atoms with van der Waals surface area (Å²) in [4.78, 5) is 15.6. The maximum Gasteiger partial charge on any atom is 0.251 e. The van der Waals surface area contributed by atoms with Gasteiger partial charge in [-0.25, -0.2) is 4.39 Å². The summed E-state index contributed by atoms with van der Waals surface area (Å²) >= 11 is 0. The molecule has 0 unspecified atom stereocenters. The van der Waals surface area contributed by atoms with Crippen molar-refractivity contribution in [2.45, 2.75) is 34.1 Å². The van der Waals surface area contributed by atoms with E-state index >= 15 is 0 Å². The van der Waals surface area contributed by atoms with Gasteiger partial charge in [0.05, 0.1) is 5.52 Å². The van der Waals surface area contributed by atoms with Crippen LogP contribution in [0.5, 0.6) is 0 Å². The molecule has 0 atom stereocenters. The van der Waals surface area contributed by atoms with Gasteiger partial charge in [0, 0.05) is 23.2 Å². The fourth-order valence-corrected chi connectivity index (χ4v) is 3.35. The number of hydrogen-bond donors (Lipinski definition) is 2. The number of hydrogen-bond acceptors (Lipinski definition) is 1. The zero-order valence-electron chi connectivity index (χ0n) is 15.1. The van der Waals surface area contributed by atoms with Gasteiger partial charge in [-0.1, -0.05) is 18.2 Å². The Hall–Kier alpha value is -2.62. The number of fused-ring (bicyclic) bond motifs is 1. The molecular formula is C21H23FN2O. The van der Waals surface area contributed by atoms with Crippen LogP contribution in [-0.2, 0) is 6.42 Å². The lowest BCUT2D eigenvalue weighted by atomic mass is 10.0. The summed E-state index contributed by atoms with van der Waals surface area (Å²) in [5, 5.41) is 3.91.